The van der Waals surface area contributed by atoms with Gasteiger partial charge in [0.1, 0.15) is 5.82 Å². The third kappa shape index (κ3) is 2.82. The maximum Gasteiger partial charge on any atom is 0.228 e. The van der Waals surface area contributed by atoms with Crippen LogP contribution >= 0.6 is 0 Å². The number of anilines is 2. The lowest BCUT2D eigenvalue weighted by atomic mass is 10.1. The van der Waals surface area contributed by atoms with Crippen molar-refractivity contribution in [1.82, 2.24) is 4.98 Å². The first kappa shape index (κ1) is 12.0. The van der Waals surface area contributed by atoms with Gasteiger partial charge < -0.3 is 11.1 Å². The van der Waals surface area contributed by atoms with Crippen molar-refractivity contribution in [3.05, 3.63) is 54.1 Å². The first-order valence-corrected chi connectivity index (χ1v) is 5.39. The van der Waals surface area contributed by atoms with Crippen LogP contribution in [0.25, 0.3) is 0 Å². The van der Waals surface area contributed by atoms with Gasteiger partial charge >= 0.3 is 0 Å². The summed E-state index contributed by atoms with van der Waals surface area (Å²) in [5.74, 6) is -0.714. The van der Waals surface area contributed by atoms with Gasteiger partial charge in [-0.05, 0) is 17.7 Å². The summed E-state index contributed by atoms with van der Waals surface area (Å²) in [7, 11) is 0. The molecular weight excluding hydrogens is 233 g/mol. The van der Waals surface area contributed by atoms with Crippen LogP contribution in [0.3, 0.4) is 0 Å². The molecule has 2 aromatic rings. The van der Waals surface area contributed by atoms with Crippen molar-refractivity contribution < 1.29 is 9.18 Å². The van der Waals surface area contributed by atoms with E-state index in [-0.39, 0.29) is 12.3 Å². The van der Waals surface area contributed by atoms with E-state index in [1.54, 1.807) is 24.3 Å². The van der Waals surface area contributed by atoms with Crippen LogP contribution in [-0.2, 0) is 11.2 Å². The van der Waals surface area contributed by atoms with E-state index >= 15 is 0 Å². The number of hydrogen-bond acceptors (Lipinski definition) is 3. The molecule has 0 aliphatic heterocycles. The molecule has 2 rings (SSSR count). The SMILES string of the molecule is Nc1cnccc1NC(=O)Cc1ccccc1F. The van der Waals surface area contributed by atoms with Crippen molar-refractivity contribution >= 4 is 17.3 Å². The first-order chi connectivity index (χ1) is 8.66. The first-order valence-electron chi connectivity index (χ1n) is 5.39. The second-order valence-electron chi connectivity index (χ2n) is 3.78. The summed E-state index contributed by atoms with van der Waals surface area (Å²) in [4.78, 5) is 15.5. The summed E-state index contributed by atoms with van der Waals surface area (Å²) in [6, 6.07) is 7.76. The Morgan fingerprint density at radius 2 is 2.11 bits per heavy atom. The Balaban J connectivity index is 2.06. The van der Waals surface area contributed by atoms with Crippen molar-refractivity contribution in [2.45, 2.75) is 6.42 Å². The normalized spacial score (nSPS) is 10.1. The molecule has 0 radical (unpaired) electrons. The lowest BCUT2D eigenvalue weighted by Crippen LogP contribution is -2.16. The van der Waals surface area contributed by atoms with Gasteiger partial charge in [-0.3, -0.25) is 9.78 Å². The maximum absolute atomic E-state index is 13.4. The molecule has 0 aliphatic carbocycles. The molecule has 5 heteroatoms. The van der Waals surface area contributed by atoms with E-state index < -0.39 is 5.82 Å². The van der Waals surface area contributed by atoms with Gasteiger partial charge in [0.25, 0.3) is 0 Å². The Morgan fingerprint density at radius 1 is 1.33 bits per heavy atom. The van der Waals surface area contributed by atoms with Gasteiger partial charge in [-0.2, -0.15) is 0 Å². The van der Waals surface area contributed by atoms with Gasteiger partial charge in [0.2, 0.25) is 5.91 Å². The summed E-state index contributed by atoms with van der Waals surface area (Å²) in [6.45, 7) is 0. The number of nitrogens with zero attached hydrogens (tertiary/aromatic N) is 1. The molecule has 0 saturated carbocycles. The molecule has 1 heterocycles. The molecule has 4 nitrogen and oxygen atoms in total. The van der Waals surface area contributed by atoms with Crippen LogP contribution in [0.15, 0.2) is 42.7 Å². The average Bonchev–Trinajstić information content (AvgIpc) is 2.35. The fourth-order valence-corrected chi connectivity index (χ4v) is 1.53. The maximum atomic E-state index is 13.4. The Labute approximate surface area is 104 Å². The number of nitrogens with one attached hydrogen (secondary N) is 1. The van der Waals surface area contributed by atoms with Gasteiger partial charge in [0.05, 0.1) is 24.0 Å². The van der Waals surface area contributed by atoms with E-state index in [4.69, 9.17) is 5.73 Å². The lowest BCUT2D eigenvalue weighted by molar-refractivity contribution is -0.115. The number of carbonyl (C=O) groups is 1. The number of benzene rings is 1. The lowest BCUT2D eigenvalue weighted by Gasteiger charge is -2.07. The zero-order chi connectivity index (χ0) is 13.0. The molecule has 0 fully saturated rings. The second kappa shape index (κ2) is 5.27. The number of halogens is 1. The largest absolute Gasteiger partial charge is 0.396 e. The van der Waals surface area contributed by atoms with E-state index in [9.17, 15) is 9.18 Å². The minimum atomic E-state index is -0.393. The summed E-state index contributed by atoms with van der Waals surface area (Å²) in [5.41, 5.74) is 6.84. The van der Waals surface area contributed by atoms with Crippen LogP contribution in [-0.4, -0.2) is 10.9 Å². The number of aromatic nitrogens is 1. The molecule has 0 atom stereocenters. The van der Waals surface area contributed by atoms with Gasteiger partial charge in [-0.1, -0.05) is 18.2 Å². The average molecular weight is 245 g/mol. The number of hydrogen-bond donors (Lipinski definition) is 2. The fraction of sp³-hybridized carbons (Fsp3) is 0.0769. The van der Waals surface area contributed by atoms with E-state index in [1.165, 1.54) is 18.5 Å². The number of nitrogens with two attached hydrogens (primary N) is 1. The molecule has 1 aromatic carbocycles. The van der Waals surface area contributed by atoms with Crippen molar-refractivity contribution in [3.8, 4) is 0 Å². The molecule has 92 valence electrons. The summed E-state index contributed by atoms with van der Waals surface area (Å²) < 4.78 is 13.4. The number of nitrogen functional groups attached to an aromatic ring is 1. The van der Waals surface area contributed by atoms with Crippen molar-refractivity contribution in [2.24, 2.45) is 0 Å². The number of rotatable bonds is 3. The molecule has 3 N–H and O–H groups in total. The van der Waals surface area contributed by atoms with Gasteiger partial charge in [0, 0.05) is 6.20 Å². The zero-order valence-corrected chi connectivity index (χ0v) is 9.56. The Kier molecular flexibility index (Phi) is 3.52. The van der Waals surface area contributed by atoms with E-state index in [0.29, 0.717) is 16.9 Å². The molecule has 0 saturated heterocycles. The van der Waals surface area contributed by atoms with Crippen LogP contribution in [0.5, 0.6) is 0 Å². The Bertz CT molecular complexity index is 522. The summed E-state index contributed by atoms with van der Waals surface area (Å²) in [5, 5.41) is 2.62. The molecule has 18 heavy (non-hydrogen) atoms. The zero-order valence-electron chi connectivity index (χ0n) is 9.56. The van der Waals surface area contributed by atoms with Crippen molar-refractivity contribution in [1.29, 1.82) is 0 Å². The Hall–Kier alpha value is -2.43. The molecular formula is C13H12FN3O. The van der Waals surface area contributed by atoms with Gasteiger partial charge in [-0.25, -0.2) is 4.39 Å². The van der Waals surface area contributed by atoms with Gasteiger partial charge in [-0.15, -0.1) is 0 Å². The predicted octanol–water partition coefficient (Wildman–Crippen LogP) is 1.98. The quantitative estimate of drug-likeness (QED) is 0.868. The minimum absolute atomic E-state index is 0.0333. The highest BCUT2D eigenvalue weighted by Gasteiger charge is 2.09. The van der Waals surface area contributed by atoms with E-state index in [0.717, 1.165) is 0 Å². The van der Waals surface area contributed by atoms with Crippen LogP contribution in [0.2, 0.25) is 0 Å². The topological polar surface area (TPSA) is 68.0 Å². The molecule has 0 unspecified atom stereocenters. The number of amides is 1. The smallest absolute Gasteiger partial charge is 0.228 e. The van der Waals surface area contributed by atoms with Crippen molar-refractivity contribution in [3.63, 3.8) is 0 Å². The molecule has 0 bridgehead atoms. The van der Waals surface area contributed by atoms with Crippen molar-refractivity contribution in [2.75, 3.05) is 11.1 Å². The van der Waals surface area contributed by atoms with E-state index in [1.807, 2.05) is 0 Å². The van der Waals surface area contributed by atoms with Crippen LogP contribution in [0.1, 0.15) is 5.56 Å². The van der Waals surface area contributed by atoms with Gasteiger partial charge in [0.15, 0.2) is 0 Å². The minimum Gasteiger partial charge on any atom is -0.396 e. The molecule has 0 spiro atoms. The number of pyridine rings is 1. The standard InChI is InChI=1S/C13H12FN3O/c14-10-4-2-1-3-9(10)7-13(18)17-12-5-6-16-8-11(12)15/h1-6,8H,7,15H2,(H,16,17,18). The highest BCUT2D eigenvalue weighted by Crippen LogP contribution is 2.16. The van der Waals surface area contributed by atoms with Crippen LogP contribution in [0.4, 0.5) is 15.8 Å². The summed E-state index contributed by atoms with van der Waals surface area (Å²) >= 11 is 0. The third-order valence-electron chi connectivity index (χ3n) is 2.43. The molecule has 0 aliphatic rings. The monoisotopic (exact) mass is 245 g/mol. The van der Waals surface area contributed by atoms with Crippen LogP contribution in [0, 0.1) is 5.82 Å². The molecule has 1 aromatic heterocycles. The third-order valence-corrected chi connectivity index (χ3v) is 2.43. The fourth-order valence-electron chi connectivity index (χ4n) is 1.53. The highest BCUT2D eigenvalue weighted by atomic mass is 19.1. The highest BCUT2D eigenvalue weighted by molar-refractivity contribution is 5.94. The van der Waals surface area contributed by atoms with Crippen LogP contribution < -0.4 is 11.1 Å². The van der Waals surface area contributed by atoms with E-state index in [2.05, 4.69) is 10.3 Å². The second-order valence-corrected chi connectivity index (χ2v) is 3.78. The summed E-state index contributed by atoms with van der Waals surface area (Å²) in [6.07, 6.45) is 2.93. The Morgan fingerprint density at radius 3 is 2.83 bits per heavy atom. The predicted molar refractivity (Wildman–Crippen MR) is 67.4 cm³/mol. The number of carbonyl (C=O) groups excluding carboxylic acids is 1. The molecule has 1 amide bonds.